The van der Waals surface area contributed by atoms with E-state index in [9.17, 15) is 0 Å². The fourth-order valence-electron chi connectivity index (χ4n) is 1.03. The molecule has 0 fully saturated rings. The summed E-state index contributed by atoms with van der Waals surface area (Å²) in [5, 5.41) is 8.57. The van der Waals surface area contributed by atoms with E-state index in [1.54, 1.807) is 18.3 Å². The molecule has 58 valence electrons. The fourth-order valence-corrected chi connectivity index (χ4v) is 1.03. The van der Waals surface area contributed by atoms with Gasteiger partial charge < -0.3 is 10.2 Å². The number of pyridine rings is 1. The molecule has 12 heavy (non-hydrogen) atoms. The van der Waals surface area contributed by atoms with Gasteiger partial charge in [-0.25, -0.2) is 0 Å². The Labute approximate surface area is 68.2 Å². The second-order valence-electron chi connectivity index (χ2n) is 2.31. The topological polar surface area (TPSA) is 75.8 Å². The molecule has 0 unspecified atom stereocenters. The average Bonchev–Trinajstić information content (AvgIpc) is 2.44. The molecular weight excluding hydrogens is 154 g/mol. The first kappa shape index (κ1) is 6.68. The third-order valence-electron chi connectivity index (χ3n) is 1.58. The van der Waals surface area contributed by atoms with Gasteiger partial charge in [-0.15, -0.1) is 0 Å². The van der Waals surface area contributed by atoms with Crippen molar-refractivity contribution < 1.29 is 4.42 Å². The van der Waals surface area contributed by atoms with Crippen LogP contribution in [0.1, 0.15) is 5.76 Å². The molecule has 0 saturated heterocycles. The van der Waals surface area contributed by atoms with Crippen LogP contribution in [0.4, 0.5) is 5.69 Å². The van der Waals surface area contributed by atoms with Crippen LogP contribution in [0.2, 0.25) is 0 Å². The van der Waals surface area contributed by atoms with Gasteiger partial charge in [-0.3, -0.25) is 4.98 Å². The van der Waals surface area contributed by atoms with Crippen LogP contribution < -0.4 is 5.73 Å². The highest BCUT2D eigenvalue weighted by Crippen LogP contribution is 2.24. The lowest BCUT2D eigenvalue weighted by atomic mass is 10.3. The number of nitrogens with zero attached hydrogens (tertiary/aromatic N) is 2. The van der Waals surface area contributed by atoms with Crippen LogP contribution in [-0.4, -0.2) is 4.98 Å². The van der Waals surface area contributed by atoms with Crippen molar-refractivity contribution in [2.45, 2.75) is 0 Å². The number of rotatable bonds is 0. The van der Waals surface area contributed by atoms with E-state index in [0.29, 0.717) is 16.8 Å². The van der Waals surface area contributed by atoms with Crippen LogP contribution in [0.15, 0.2) is 22.7 Å². The van der Waals surface area contributed by atoms with E-state index in [4.69, 9.17) is 15.4 Å². The fraction of sp³-hybridized carbons (Fsp3) is 0. The van der Waals surface area contributed by atoms with Crippen molar-refractivity contribution >= 4 is 16.8 Å². The molecule has 0 aliphatic rings. The second-order valence-corrected chi connectivity index (χ2v) is 2.31. The maximum absolute atomic E-state index is 8.57. The molecule has 0 saturated carbocycles. The van der Waals surface area contributed by atoms with Gasteiger partial charge in [-0.2, -0.15) is 5.26 Å². The third kappa shape index (κ3) is 0.736. The first-order valence-corrected chi connectivity index (χ1v) is 3.36. The molecule has 2 N–H and O–H groups in total. The van der Waals surface area contributed by atoms with E-state index < -0.39 is 0 Å². The molecule has 2 rings (SSSR count). The SMILES string of the molecule is N#Cc1oc2cccnc2c1N. The molecule has 0 aliphatic carbocycles. The lowest BCUT2D eigenvalue weighted by Crippen LogP contribution is -1.85. The van der Waals surface area contributed by atoms with Crippen LogP contribution in [0.3, 0.4) is 0 Å². The molecule has 0 atom stereocenters. The number of furan rings is 1. The summed E-state index contributed by atoms with van der Waals surface area (Å²) in [4.78, 5) is 3.98. The van der Waals surface area contributed by atoms with Crippen molar-refractivity contribution in [1.82, 2.24) is 4.98 Å². The zero-order chi connectivity index (χ0) is 8.55. The van der Waals surface area contributed by atoms with Gasteiger partial charge in [0.25, 0.3) is 0 Å². The largest absolute Gasteiger partial charge is 0.442 e. The Morgan fingerprint density at radius 1 is 1.58 bits per heavy atom. The smallest absolute Gasteiger partial charge is 0.229 e. The van der Waals surface area contributed by atoms with Crippen molar-refractivity contribution in [3.63, 3.8) is 0 Å². The molecule has 0 aliphatic heterocycles. The molecule has 0 radical (unpaired) electrons. The quantitative estimate of drug-likeness (QED) is 0.628. The maximum atomic E-state index is 8.57. The molecule has 4 heteroatoms. The molecule has 0 aromatic carbocycles. The van der Waals surface area contributed by atoms with E-state index in [0.717, 1.165) is 0 Å². The summed E-state index contributed by atoms with van der Waals surface area (Å²) in [7, 11) is 0. The van der Waals surface area contributed by atoms with Crippen molar-refractivity contribution in [1.29, 1.82) is 5.26 Å². The van der Waals surface area contributed by atoms with Crippen molar-refractivity contribution in [3.8, 4) is 6.07 Å². The number of aromatic nitrogens is 1. The highest BCUT2D eigenvalue weighted by Gasteiger charge is 2.10. The first-order chi connectivity index (χ1) is 5.83. The molecule has 4 nitrogen and oxygen atoms in total. The average molecular weight is 159 g/mol. The van der Waals surface area contributed by atoms with Gasteiger partial charge in [0, 0.05) is 6.20 Å². The number of nitrogen functional groups attached to an aromatic ring is 1. The summed E-state index contributed by atoms with van der Waals surface area (Å²) in [5.74, 6) is 0.128. The minimum Gasteiger partial charge on any atom is -0.442 e. The Morgan fingerprint density at radius 3 is 3.08 bits per heavy atom. The van der Waals surface area contributed by atoms with Crippen molar-refractivity contribution in [2.24, 2.45) is 0 Å². The standard InChI is InChI=1S/C8H5N3O/c9-4-6-7(10)8-5(12-6)2-1-3-11-8/h1-3H,10H2. The monoisotopic (exact) mass is 159 g/mol. The van der Waals surface area contributed by atoms with Crippen LogP contribution >= 0.6 is 0 Å². The summed E-state index contributed by atoms with van der Waals surface area (Å²) >= 11 is 0. The van der Waals surface area contributed by atoms with Crippen LogP contribution in [0, 0.1) is 11.3 Å². The minimum atomic E-state index is 0.128. The van der Waals surface area contributed by atoms with Gasteiger partial charge in [0.05, 0.1) is 0 Å². The number of hydrogen-bond acceptors (Lipinski definition) is 4. The van der Waals surface area contributed by atoms with Crippen molar-refractivity contribution in [2.75, 3.05) is 5.73 Å². The van der Waals surface area contributed by atoms with Crippen LogP contribution in [-0.2, 0) is 0 Å². The normalized spacial score (nSPS) is 9.92. The van der Waals surface area contributed by atoms with Gasteiger partial charge >= 0.3 is 0 Å². The van der Waals surface area contributed by atoms with Crippen molar-refractivity contribution in [3.05, 3.63) is 24.1 Å². The Kier molecular flexibility index (Phi) is 1.25. The lowest BCUT2D eigenvalue weighted by Gasteiger charge is -1.84. The van der Waals surface area contributed by atoms with Crippen LogP contribution in [0.25, 0.3) is 11.1 Å². The Bertz CT molecular complexity index is 467. The third-order valence-corrected chi connectivity index (χ3v) is 1.58. The molecule has 0 amide bonds. The predicted octanol–water partition coefficient (Wildman–Crippen LogP) is 1.28. The number of nitriles is 1. The Morgan fingerprint density at radius 2 is 2.42 bits per heavy atom. The molecule has 2 heterocycles. The first-order valence-electron chi connectivity index (χ1n) is 3.36. The van der Waals surface area contributed by atoms with Gasteiger partial charge in [0.15, 0.2) is 5.58 Å². The van der Waals surface area contributed by atoms with Crippen LogP contribution in [0.5, 0.6) is 0 Å². The molecule has 2 aromatic heterocycles. The highest BCUT2D eigenvalue weighted by atomic mass is 16.3. The van der Waals surface area contributed by atoms with E-state index in [-0.39, 0.29) is 5.76 Å². The lowest BCUT2D eigenvalue weighted by molar-refractivity contribution is 0.600. The summed E-state index contributed by atoms with van der Waals surface area (Å²) in [6.07, 6.45) is 1.61. The summed E-state index contributed by atoms with van der Waals surface area (Å²) in [5.41, 5.74) is 6.98. The van der Waals surface area contributed by atoms with E-state index in [1.807, 2.05) is 6.07 Å². The van der Waals surface area contributed by atoms with Gasteiger partial charge in [-0.1, -0.05) is 0 Å². The second kappa shape index (κ2) is 2.24. The van der Waals surface area contributed by atoms with Gasteiger partial charge in [-0.05, 0) is 12.1 Å². The summed E-state index contributed by atoms with van der Waals surface area (Å²) in [6, 6.07) is 5.30. The van der Waals surface area contributed by atoms with Gasteiger partial charge in [0.2, 0.25) is 5.76 Å². The minimum absolute atomic E-state index is 0.128. The highest BCUT2D eigenvalue weighted by molar-refractivity contribution is 5.88. The number of hydrogen-bond donors (Lipinski definition) is 1. The molecule has 0 spiro atoms. The Balaban J connectivity index is 2.90. The Hall–Kier alpha value is -2.02. The summed E-state index contributed by atoms with van der Waals surface area (Å²) in [6.45, 7) is 0. The molecule has 0 bridgehead atoms. The molecular formula is C8H5N3O. The maximum Gasteiger partial charge on any atom is 0.229 e. The number of fused-ring (bicyclic) bond motifs is 1. The zero-order valence-electron chi connectivity index (χ0n) is 6.11. The van der Waals surface area contributed by atoms with E-state index >= 15 is 0 Å². The predicted molar refractivity (Wildman–Crippen MR) is 43.1 cm³/mol. The molecule has 2 aromatic rings. The zero-order valence-corrected chi connectivity index (χ0v) is 6.11. The van der Waals surface area contributed by atoms with E-state index in [1.165, 1.54) is 0 Å². The van der Waals surface area contributed by atoms with Gasteiger partial charge in [0.1, 0.15) is 17.3 Å². The number of nitrogens with two attached hydrogens (primary N) is 1. The summed E-state index contributed by atoms with van der Waals surface area (Å²) < 4.78 is 5.10. The number of anilines is 1. The van der Waals surface area contributed by atoms with E-state index in [2.05, 4.69) is 4.98 Å².